The minimum absolute atomic E-state index is 0.0426. The molecule has 5 nitrogen and oxygen atoms in total. The number of nitrogens with zero attached hydrogens (tertiary/aromatic N) is 2. The molecule has 2 aromatic carbocycles. The Hall–Kier alpha value is -2.18. The molecule has 0 saturated carbocycles. The summed E-state index contributed by atoms with van der Waals surface area (Å²) in [4.78, 5) is 29.5. The molecule has 0 aromatic heterocycles. The van der Waals surface area contributed by atoms with Crippen LogP contribution in [0, 0.1) is 6.92 Å². The van der Waals surface area contributed by atoms with Gasteiger partial charge in [0.15, 0.2) is 0 Å². The van der Waals surface area contributed by atoms with Crippen LogP contribution in [0.3, 0.4) is 0 Å². The summed E-state index contributed by atoms with van der Waals surface area (Å²) in [6.07, 6.45) is 0. The second-order valence-corrected chi connectivity index (χ2v) is 8.95. The van der Waals surface area contributed by atoms with E-state index in [1.165, 1.54) is 0 Å². The van der Waals surface area contributed by atoms with Crippen LogP contribution in [0.4, 0.5) is 5.69 Å². The number of benzene rings is 2. The zero-order valence-electron chi connectivity index (χ0n) is 17.2. The van der Waals surface area contributed by atoms with Gasteiger partial charge in [-0.25, -0.2) is 0 Å². The van der Waals surface area contributed by atoms with Crippen molar-refractivity contribution in [3.8, 4) is 0 Å². The van der Waals surface area contributed by atoms with Crippen LogP contribution in [0.25, 0.3) is 0 Å². The number of carbonyl (C=O) groups excluding carboxylic acids is 2. The molecular weight excluding hydrogens is 430 g/mol. The Kier molecular flexibility index (Phi) is 6.75. The lowest BCUT2D eigenvalue weighted by Crippen LogP contribution is -2.54. The van der Waals surface area contributed by atoms with E-state index in [0.717, 1.165) is 21.3 Å². The molecule has 0 atom stereocenters. The highest BCUT2D eigenvalue weighted by molar-refractivity contribution is 9.10. The fourth-order valence-corrected chi connectivity index (χ4v) is 4.19. The third-order valence-corrected chi connectivity index (χ3v) is 6.11. The Morgan fingerprint density at radius 2 is 1.69 bits per heavy atom. The first-order chi connectivity index (χ1) is 13.8. The van der Waals surface area contributed by atoms with Gasteiger partial charge >= 0.3 is 0 Å². The van der Waals surface area contributed by atoms with Crippen LogP contribution in [-0.2, 0) is 15.0 Å². The maximum absolute atomic E-state index is 13.1. The SMILES string of the molecule is Cc1ccc(NC(=O)CN2CCN(C(=O)C(C)(C)c3ccccc3)CC2)c(Br)c1. The van der Waals surface area contributed by atoms with Gasteiger partial charge < -0.3 is 10.2 Å². The zero-order valence-corrected chi connectivity index (χ0v) is 18.8. The third-order valence-electron chi connectivity index (χ3n) is 5.46. The molecular formula is C23H28BrN3O2. The molecule has 1 fully saturated rings. The third kappa shape index (κ3) is 5.25. The molecule has 2 amide bonds. The number of anilines is 1. The highest BCUT2D eigenvalue weighted by Crippen LogP contribution is 2.26. The summed E-state index contributed by atoms with van der Waals surface area (Å²) in [7, 11) is 0. The molecule has 0 bridgehead atoms. The smallest absolute Gasteiger partial charge is 0.238 e. The van der Waals surface area contributed by atoms with Crippen molar-refractivity contribution < 1.29 is 9.59 Å². The molecule has 1 aliphatic rings. The van der Waals surface area contributed by atoms with Gasteiger partial charge in [-0.1, -0.05) is 36.4 Å². The Labute approximate surface area is 181 Å². The molecule has 0 aliphatic carbocycles. The predicted octanol–water partition coefficient (Wildman–Crippen LogP) is 3.82. The quantitative estimate of drug-likeness (QED) is 0.742. The van der Waals surface area contributed by atoms with E-state index in [2.05, 4.69) is 26.1 Å². The first kappa shape index (κ1) is 21.5. The van der Waals surface area contributed by atoms with Crippen molar-refractivity contribution in [1.29, 1.82) is 0 Å². The van der Waals surface area contributed by atoms with E-state index in [-0.39, 0.29) is 11.8 Å². The normalized spacial score (nSPS) is 15.2. The second-order valence-electron chi connectivity index (χ2n) is 8.09. The van der Waals surface area contributed by atoms with Crippen molar-refractivity contribution in [2.75, 3.05) is 38.0 Å². The monoisotopic (exact) mass is 457 g/mol. The fraction of sp³-hybridized carbons (Fsp3) is 0.391. The molecule has 6 heteroatoms. The van der Waals surface area contributed by atoms with Crippen LogP contribution >= 0.6 is 15.9 Å². The van der Waals surface area contributed by atoms with Gasteiger partial charge in [0.05, 0.1) is 17.6 Å². The minimum atomic E-state index is -0.557. The number of rotatable bonds is 5. The van der Waals surface area contributed by atoms with E-state index < -0.39 is 5.41 Å². The zero-order chi connectivity index (χ0) is 21.0. The number of hydrogen-bond donors (Lipinski definition) is 1. The second kappa shape index (κ2) is 9.09. The maximum Gasteiger partial charge on any atom is 0.238 e. The van der Waals surface area contributed by atoms with Crippen molar-refractivity contribution in [3.63, 3.8) is 0 Å². The first-order valence-electron chi connectivity index (χ1n) is 9.90. The Balaban J connectivity index is 1.52. The molecule has 0 spiro atoms. The molecule has 1 aliphatic heterocycles. The lowest BCUT2D eigenvalue weighted by atomic mass is 9.83. The van der Waals surface area contributed by atoms with Gasteiger partial charge in [0.2, 0.25) is 11.8 Å². The summed E-state index contributed by atoms with van der Waals surface area (Å²) in [6.45, 7) is 8.94. The predicted molar refractivity (Wildman–Crippen MR) is 120 cm³/mol. The van der Waals surface area contributed by atoms with E-state index in [4.69, 9.17) is 0 Å². The summed E-state index contributed by atoms with van der Waals surface area (Å²) in [5.41, 5.74) is 2.38. The number of carbonyl (C=O) groups is 2. The van der Waals surface area contributed by atoms with E-state index in [1.807, 2.05) is 74.2 Å². The summed E-state index contributed by atoms with van der Waals surface area (Å²) in [6, 6.07) is 15.8. The standard InChI is InChI=1S/C23H28BrN3O2/c1-17-9-10-20(19(24)15-17)25-21(28)16-26-11-13-27(14-12-26)22(29)23(2,3)18-7-5-4-6-8-18/h4-10,15H,11-14,16H2,1-3H3,(H,25,28). The molecule has 154 valence electrons. The molecule has 2 aromatic rings. The highest BCUT2D eigenvalue weighted by Gasteiger charge is 2.35. The van der Waals surface area contributed by atoms with Crippen LogP contribution in [0.15, 0.2) is 53.0 Å². The summed E-state index contributed by atoms with van der Waals surface area (Å²) < 4.78 is 0.879. The number of nitrogens with one attached hydrogen (secondary N) is 1. The molecule has 1 saturated heterocycles. The van der Waals surface area contributed by atoms with Crippen molar-refractivity contribution in [2.45, 2.75) is 26.2 Å². The first-order valence-corrected chi connectivity index (χ1v) is 10.7. The van der Waals surface area contributed by atoms with Gasteiger partial charge in [-0.05, 0) is 60.0 Å². The Morgan fingerprint density at radius 1 is 1.03 bits per heavy atom. The highest BCUT2D eigenvalue weighted by atomic mass is 79.9. The summed E-state index contributed by atoms with van der Waals surface area (Å²) >= 11 is 3.49. The minimum Gasteiger partial charge on any atom is -0.339 e. The van der Waals surface area contributed by atoms with Crippen LogP contribution in [-0.4, -0.2) is 54.3 Å². The van der Waals surface area contributed by atoms with Gasteiger partial charge in [0.1, 0.15) is 0 Å². The summed E-state index contributed by atoms with van der Waals surface area (Å²) in [5, 5.41) is 2.96. The van der Waals surface area contributed by atoms with Gasteiger partial charge in [0, 0.05) is 30.7 Å². The van der Waals surface area contributed by atoms with Crippen molar-refractivity contribution in [2.24, 2.45) is 0 Å². The van der Waals surface area contributed by atoms with Crippen LogP contribution in [0.5, 0.6) is 0 Å². The van der Waals surface area contributed by atoms with E-state index in [0.29, 0.717) is 32.7 Å². The number of piperazine rings is 1. The molecule has 0 unspecified atom stereocenters. The van der Waals surface area contributed by atoms with Gasteiger partial charge in [-0.15, -0.1) is 0 Å². The Bertz CT molecular complexity index is 875. The summed E-state index contributed by atoms with van der Waals surface area (Å²) in [5.74, 6) is 0.0929. The molecule has 3 rings (SSSR count). The van der Waals surface area contributed by atoms with E-state index in [1.54, 1.807) is 0 Å². The van der Waals surface area contributed by atoms with Gasteiger partial charge in [-0.2, -0.15) is 0 Å². The molecule has 1 heterocycles. The largest absolute Gasteiger partial charge is 0.339 e. The topological polar surface area (TPSA) is 52.7 Å². The lowest BCUT2D eigenvalue weighted by molar-refractivity contribution is -0.138. The van der Waals surface area contributed by atoms with Crippen LogP contribution < -0.4 is 5.32 Å². The van der Waals surface area contributed by atoms with Crippen LogP contribution in [0.1, 0.15) is 25.0 Å². The van der Waals surface area contributed by atoms with Gasteiger partial charge in [-0.3, -0.25) is 14.5 Å². The van der Waals surface area contributed by atoms with Crippen LogP contribution in [0.2, 0.25) is 0 Å². The van der Waals surface area contributed by atoms with Crippen molar-refractivity contribution in [1.82, 2.24) is 9.80 Å². The number of hydrogen-bond acceptors (Lipinski definition) is 3. The van der Waals surface area contributed by atoms with E-state index >= 15 is 0 Å². The average molecular weight is 458 g/mol. The van der Waals surface area contributed by atoms with Crippen molar-refractivity contribution in [3.05, 3.63) is 64.1 Å². The fourth-order valence-electron chi connectivity index (χ4n) is 3.60. The van der Waals surface area contributed by atoms with Crippen molar-refractivity contribution >= 4 is 33.4 Å². The molecule has 0 radical (unpaired) electrons. The molecule has 1 N–H and O–H groups in total. The maximum atomic E-state index is 13.1. The van der Waals surface area contributed by atoms with E-state index in [9.17, 15) is 9.59 Å². The average Bonchev–Trinajstić information content (AvgIpc) is 2.71. The Morgan fingerprint density at radius 3 is 2.31 bits per heavy atom. The van der Waals surface area contributed by atoms with Gasteiger partial charge in [0.25, 0.3) is 0 Å². The number of halogens is 1. The lowest BCUT2D eigenvalue weighted by Gasteiger charge is -2.38. The number of aryl methyl sites for hydroxylation is 1. The molecule has 29 heavy (non-hydrogen) atoms. The number of amides is 2.